The van der Waals surface area contributed by atoms with Crippen molar-refractivity contribution in [2.24, 2.45) is 0 Å². The molecule has 17 heavy (non-hydrogen) atoms. The van der Waals surface area contributed by atoms with Gasteiger partial charge in [-0.15, -0.1) is 23.2 Å². The second-order valence-electron chi connectivity index (χ2n) is 4.07. The topological polar surface area (TPSA) is 0 Å². The monoisotopic (exact) mass is 260 g/mol. The van der Waals surface area contributed by atoms with Gasteiger partial charge in [0.25, 0.3) is 0 Å². The van der Waals surface area contributed by atoms with Crippen LogP contribution in [0.2, 0.25) is 0 Å². The Morgan fingerprint density at radius 2 is 1.35 bits per heavy atom. The van der Waals surface area contributed by atoms with Crippen LogP contribution >= 0.6 is 23.2 Å². The van der Waals surface area contributed by atoms with Crippen LogP contribution in [0, 0.1) is 0 Å². The third-order valence-electron chi connectivity index (χ3n) is 3.02. The standard InChI is InChI=1S/C15H10Cl2/c16-15(17)13-7-3-6-12-8-10-4-1-2-5-11(10)9-14(12)13/h1-9,15H. The van der Waals surface area contributed by atoms with Crippen molar-refractivity contribution in [3.05, 3.63) is 60.2 Å². The summed E-state index contributed by atoms with van der Waals surface area (Å²) in [5.41, 5.74) is 0.969. The Hall–Kier alpha value is -1.24. The van der Waals surface area contributed by atoms with E-state index in [0.717, 1.165) is 10.9 Å². The maximum Gasteiger partial charge on any atom is 0.133 e. The normalized spacial score (nSPS) is 11.5. The van der Waals surface area contributed by atoms with E-state index in [9.17, 15) is 0 Å². The molecule has 0 heterocycles. The number of halogens is 2. The Bertz CT molecular complexity index is 687. The van der Waals surface area contributed by atoms with Crippen molar-refractivity contribution in [3.8, 4) is 0 Å². The van der Waals surface area contributed by atoms with E-state index in [1.54, 1.807) is 0 Å². The third-order valence-corrected chi connectivity index (χ3v) is 3.49. The molecule has 3 aromatic carbocycles. The number of hydrogen-bond acceptors (Lipinski definition) is 0. The van der Waals surface area contributed by atoms with Crippen LogP contribution < -0.4 is 0 Å². The first-order chi connectivity index (χ1) is 8.25. The fourth-order valence-corrected chi connectivity index (χ4v) is 2.56. The lowest BCUT2D eigenvalue weighted by molar-refractivity contribution is 1.39. The predicted molar refractivity (Wildman–Crippen MR) is 75.9 cm³/mol. The van der Waals surface area contributed by atoms with Gasteiger partial charge in [-0.2, -0.15) is 0 Å². The van der Waals surface area contributed by atoms with E-state index < -0.39 is 4.84 Å². The molecule has 0 amide bonds. The minimum atomic E-state index is -0.486. The quantitative estimate of drug-likeness (QED) is 0.402. The van der Waals surface area contributed by atoms with E-state index >= 15 is 0 Å². The fraction of sp³-hybridized carbons (Fsp3) is 0.0667. The Labute approximate surface area is 110 Å². The number of benzene rings is 3. The van der Waals surface area contributed by atoms with Crippen LogP contribution in [-0.2, 0) is 0 Å². The lowest BCUT2D eigenvalue weighted by atomic mass is 10.0. The molecule has 3 rings (SSSR count). The molecule has 0 aromatic heterocycles. The van der Waals surface area contributed by atoms with Gasteiger partial charge in [0.05, 0.1) is 0 Å². The van der Waals surface area contributed by atoms with Gasteiger partial charge in [0.2, 0.25) is 0 Å². The van der Waals surface area contributed by atoms with Crippen molar-refractivity contribution in [1.82, 2.24) is 0 Å². The highest BCUT2D eigenvalue weighted by molar-refractivity contribution is 6.44. The summed E-state index contributed by atoms with van der Waals surface area (Å²) in [6.07, 6.45) is 0. The maximum atomic E-state index is 6.00. The predicted octanol–water partition coefficient (Wildman–Crippen LogP) is 5.47. The van der Waals surface area contributed by atoms with Gasteiger partial charge in [-0.1, -0.05) is 42.5 Å². The smallest absolute Gasteiger partial charge is 0.100 e. The van der Waals surface area contributed by atoms with Crippen LogP contribution in [0.1, 0.15) is 10.4 Å². The third kappa shape index (κ3) is 1.88. The van der Waals surface area contributed by atoms with Gasteiger partial charge in [0, 0.05) is 0 Å². The zero-order valence-electron chi connectivity index (χ0n) is 9.03. The van der Waals surface area contributed by atoms with Gasteiger partial charge in [-0.25, -0.2) is 0 Å². The van der Waals surface area contributed by atoms with Crippen molar-refractivity contribution in [2.75, 3.05) is 0 Å². The van der Waals surface area contributed by atoms with Crippen molar-refractivity contribution < 1.29 is 0 Å². The highest BCUT2D eigenvalue weighted by Crippen LogP contribution is 2.33. The Balaban J connectivity index is 2.43. The SMILES string of the molecule is ClC(Cl)c1cccc2cc3ccccc3cc12. The first kappa shape index (κ1) is 10.9. The van der Waals surface area contributed by atoms with Gasteiger partial charge < -0.3 is 0 Å². The summed E-state index contributed by atoms with van der Waals surface area (Å²) in [4.78, 5) is -0.486. The summed E-state index contributed by atoms with van der Waals surface area (Å²) in [5, 5.41) is 4.74. The molecule has 0 saturated heterocycles. The van der Waals surface area contributed by atoms with Crippen LogP contribution in [0.4, 0.5) is 0 Å². The molecule has 0 unspecified atom stereocenters. The summed E-state index contributed by atoms with van der Waals surface area (Å²) < 4.78 is 0. The molecule has 0 nitrogen and oxygen atoms in total. The minimum Gasteiger partial charge on any atom is -0.100 e. The number of fused-ring (bicyclic) bond motifs is 2. The van der Waals surface area contributed by atoms with Crippen LogP contribution in [0.25, 0.3) is 21.5 Å². The van der Waals surface area contributed by atoms with E-state index in [4.69, 9.17) is 23.2 Å². The second kappa shape index (κ2) is 4.21. The van der Waals surface area contributed by atoms with Crippen LogP contribution in [0.5, 0.6) is 0 Å². The number of hydrogen-bond donors (Lipinski definition) is 0. The summed E-state index contributed by atoms with van der Waals surface area (Å²) in [6.45, 7) is 0. The first-order valence-electron chi connectivity index (χ1n) is 5.45. The summed E-state index contributed by atoms with van der Waals surface area (Å²) in [7, 11) is 0. The van der Waals surface area contributed by atoms with E-state index in [-0.39, 0.29) is 0 Å². The molecule has 0 aliphatic heterocycles. The van der Waals surface area contributed by atoms with Crippen molar-refractivity contribution >= 4 is 44.7 Å². The molecule has 0 aliphatic carbocycles. The zero-order valence-corrected chi connectivity index (χ0v) is 10.5. The Morgan fingerprint density at radius 1 is 0.706 bits per heavy atom. The second-order valence-corrected chi connectivity index (χ2v) is 5.16. The van der Waals surface area contributed by atoms with Gasteiger partial charge in [-0.3, -0.25) is 0 Å². The first-order valence-corrected chi connectivity index (χ1v) is 6.32. The van der Waals surface area contributed by atoms with Crippen LogP contribution in [-0.4, -0.2) is 0 Å². The summed E-state index contributed by atoms with van der Waals surface area (Å²) >= 11 is 12.0. The molecule has 0 fully saturated rings. The molecule has 84 valence electrons. The van der Waals surface area contributed by atoms with E-state index in [2.05, 4.69) is 30.3 Å². The number of rotatable bonds is 1. The van der Waals surface area contributed by atoms with E-state index in [1.807, 2.05) is 24.3 Å². The molecule has 0 bridgehead atoms. The lowest BCUT2D eigenvalue weighted by Gasteiger charge is -2.08. The molecular formula is C15H10Cl2. The van der Waals surface area contributed by atoms with Crippen molar-refractivity contribution in [2.45, 2.75) is 4.84 Å². The molecule has 0 aliphatic rings. The molecular weight excluding hydrogens is 251 g/mol. The minimum absolute atomic E-state index is 0.486. The molecule has 3 aromatic rings. The van der Waals surface area contributed by atoms with Gasteiger partial charge in [0.1, 0.15) is 4.84 Å². The average molecular weight is 261 g/mol. The largest absolute Gasteiger partial charge is 0.133 e. The van der Waals surface area contributed by atoms with E-state index in [0.29, 0.717) is 0 Å². The fourth-order valence-electron chi connectivity index (χ4n) is 2.18. The van der Waals surface area contributed by atoms with Crippen LogP contribution in [0.15, 0.2) is 54.6 Å². The molecule has 0 atom stereocenters. The number of alkyl halides is 2. The Kier molecular flexibility index (Phi) is 2.70. The average Bonchev–Trinajstić information content (AvgIpc) is 2.35. The van der Waals surface area contributed by atoms with Gasteiger partial charge >= 0.3 is 0 Å². The molecule has 0 N–H and O–H groups in total. The van der Waals surface area contributed by atoms with Crippen molar-refractivity contribution in [1.29, 1.82) is 0 Å². The lowest BCUT2D eigenvalue weighted by Crippen LogP contribution is -1.85. The molecule has 2 heteroatoms. The molecule has 0 saturated carbocycles. The highest BCUT2D eigenvalue weighted by atomic mass is 35.5. The molecule has 0 spiro atoms. The maximum absolute atomic E-state index is 6.00. The summed E-state index contributed by atoms with van der Waals surface area (Å²) in [5.74, 6) is 0. The highest BCUT2D eigenvalue weighted by Gasteiger charge is 2.08. The van der Waals surface area contributed by atoms with E-state index in [1.165, 1.54) is 16.2 Å². The molecule has 0 radical (unpaired) electrons. The van der Waals surface area contributed by atoms with Crippen molar-refractivity contribution in [3.63, 3.8) is 0 Å². The van der Waals surface area contributed by atoms with Crippen LogP contribution in [0.3, 0.4) is 0 Å². The zero-order chi connectivity index (χ0) is 11.8. The summed E-state index contributed by atoms with van der Waals surface area (Å²) in [6, 6.07) is 18.7. The van der Waals surface area contributed by atoms with Gasteiger partial charge in [0.15, 0.2) is 0 Å². The van der Waals surface area contributed by atoms with Gasteiger partial charge in [-0.05, 0) is 39.2 Å². The Morgan fingerprint density at radius 3 is 2.06 bits per heavy atom.